The summed E-state index contributed by atoms with van der Waals surface area (Å²) in [4.78, 5) is 45.6. The number of halogens is 1. The summed E-state index contributed by atoms with van der Waals surface area (Å²) in [6.45, 7) is 12.6. The standard InChI is InChI=1S/C34H41ClN4O5/c1-33(2,3)22-14-16-26(28(19-22)43-21-24-11-9-10-18-39(24)32(42)44-34(4,5)6)31(41)37-27-13-8-7-12-25(27)30(40)38-29-17-15-23(35)20-36-29/h7-8,12-17,19-20,24H,9-11,18,21H2,1-6H3,(H,37,41)(H,36,38,40). The zero-order valence-electron chi connectivity index (χ0n) is 26.2. The van der Waals surface area contributed by atoms with E-state index in [-0.39, 0.29) is 29.7 Å². The maximum absolute atomic E-state index is 13.7. The molecule has 9 nitrogen and oxygen atoms in total. The Morgan fingerprint density at radius 3 is 2.34 bits per heavy atom. The van der Waals surface area contributed by atoms with Crippen LogP contribution < -0.4 is 15.4 Å². The van der Waals surface area contributed by atoms with Crippen molar-refractivity contribution in [1.29, 1.82) is 0 Å². The molecular weight excluding hydrogens is 580 g/mol. The minimum Gasteiger partial charge on any atom is -0.491 e. The number of carbonyl (C=O) groups excluding carboxylic acids is 3. The van der Waals surface area contributed by atoms with Gasteiger partial charge in [0.05, 0.1) is 27.9 Å². The lowest BCUT2D eigenvalue weighted by Gasteiger charge is -2.36. The van der Waals surface area contributed by atoms with Gasteiger partial charge in [0.2, 0.25) is 0 Å². The van der Waals surface area contributed by atoms with Crippen LogP contribution in [0.25, 0.3) is 0 Å². The number of hydrogen-bond acceptors (Lipinski definition) is 6. The van der Waals surface area contributed by atoms with Crippen LogP contribution in [0.3, 0.4) is 0 Å². The summed E-state index contributed by atoms with van der Waals surface area (Å²) in [6.07, 6.45) is 3.70. The van der Waals surface area contributed by atoms with Gasteiger partial charge in [-0.3, -0.25) is 9.59 Å². The molecule has 1 unspecified atom stereocenters. The quantitative estimate of drug-likeness (QED) is 0.280. The molecule has 0 aliphatic carbocycles. The van der Waals surface area contributed by atoms with Gasteiger partial charge in [-0.25, -0.2) is 9.78 Å². The van der Waals surface area contributed by atoms with E-state index in [0.29, 0.717) is 34.4 Å². The summed E-state index contributed by atoms with van der Waals surface area (Å²) in [6, 6.07) is 15.3. The Kier molecular flexibility index (Phi) is 10.2. The molecule has 1 fully saturated rings. The van der Waals surface area contributed by atoms with Gasteiger partial charge in [-0.2, -0.15) is 0 Å². The Morgan fingerprint density at radius 2 is 1.66 bits per heavy atom. The summed E-state index contributed by atoms with van der Waals surface area (Å²) in [5, 5.41) is 6.07. The van der Waals surface area contributed by atoms with Gasteiger partial charge in [-0.1, -0.05) is 50.6 Å². The molecule has 2 N–H and O–H groups in total. The van der Waals surface area contributed by atoms with Crippen molar-refractivity contribution >= 4 is 41.0 Å². The second kappa shape index (κ2) is 13.7. The second-order valence-electron chi connectivity index (χ2n) is 12.9. The van der Waals surface area contributed by atoms with Crippen molar-refractivity contribution < 1.29 is 23.9 Å². The molecule has 1 atom stereocenters. The highest BCUT2D eigenvalue weighted by atomic mass is 35.5. The molecule has 10 heteroatoms. The van der Waals surface area contributed by atoms with E-state index in [1.165, 1.54) is 6.20 Å². The summed E-state index contributed by atoms with van der Waals surface area (Å²) in [5.41, 5.74) is 1.10. The molecule has 0 bridgehead atoms. The zero-order chi connectivity index (χ0) is 32.1. The molecular formula is C34H41ClN4O5. The first kappa shape index (κ1) is 32.8. The number of carbonyl (C=O) groups is 3. The predicted octanol–water partition coefficient (Wildman–Crippen LogP) is 7.71. The highest BCUT2D eigenvalue weighted by Gasteiger charge is 2.31. The number of hydrogen-bond donors (Lipinski definition) is 2. The van der Waals surface area contributed by atoms with Gasteiger partial charge in [-0.05, 0) is 87.4 Å². The van der Waals surface area contributed by atoms with Crippen LogP contribution in [0.5, 0.6) is 5.75 Å². The third-order valence-electron chi connectivity index (χ3n) is 7.17. The van der Waals surface area contributed by atoms with E-state index < -0.39 is 17.4 Å². The number of nitrogens with one attached hydrogen (secondary N) is 2. The third-order valence-corrected chi connectivity index (χ3v) is 7.39. The molecule has 1 saturated heterocycles. The number of aromatic nitrogens is 1. The number of anilines is 2. The van der Waals surface area contributed by atoms with E-state index in [1.54, 1.807) is 47.4 Å². The van der Waals surface area contributed by atoms with Gasteiger partial charge in [0, 0.05) is 12.7 Å². The maximum Gasteiger partial charge on any atom is 0.410 e. The van der Waals surface area contributed by atoms with Crippen LogP contribution in [0.1, 0.15) is 87.1 Å². The van der Waals surface area contributed by atoms with Gasteiger partial charge in [0.1, 0.15) is 23.8 Å². The first-order valence-corrected chi connectivity index (χ1v) is 15.2. The smallest absolute Gasteiger partial charge is 0.410 e. The van der Waals surface area contributed by atoms with Crippen molar-refractivity contribution in [3.63, 3.8) is 0 Å². The summed E-state index contributed by atoms with van der Waals surface area (Å²) >= 11 is 5.91. The largest absolute Gasteiger partial charge is 0.491 e. The minimum atomic E-state index is -0.606. The molecule has 1 aromatic heterocycles. The summed E-state index contributed by atoms with van der Waals surface area (Å²) < 4.78 is 12.0. The monoisotopic (exact) mass is 620 g/mol. The van der Waals surface area contributed by atoms with Gasteiger partial charge in [0.15, 0.2) is 0 Å². The number of amides is 3. The second-order valence-corrected chi connectivity index (χ2v) is 13.3. The summed E-state index contributed by atoms with van der Waals surface area (Å²) in [7, 11) is 0. The van der Waals surface area contributed by atoms with Crippen LogP contribution >= 0.6 is 11.6 Å². The highest BCUT2D eigenvalue weighted by molar-refractivity contribution is 6.30. The van der Waals surface area contributed by atoms with Gasteiger partial charge in [-0.15, -0.1) is 0 Å². The topological polar surface area (TPSA) is 110 Å². The number of benzene rings is 2. The lowest BCUT2D eigenvalue weighted by Crippen LogP contribution is -2.48. The molecule has 0 radical (unpaired) electrons. The average Bonchev–Trinajstić information content (AvgIpc) is 2.96. The fourth-order valence-corrected chi connectivity index (χ4v) is 4.94. The molecule has 1 aliphatic heterocycles. The Balaban J connectivity index is 1.56. The van der Waals surface area contributed by atoms with Gasteiger partial charge < -0.3 is 25.0 Å². The van der Waals surface area contributed by atoms with Gasteiger partial charge >= 0.3 is 6.09 Å². The molecule has 0 spiro atoms. The number of ether oxygens (including phenoxy) is 2. The Hall–Kier alpha value is -4.11. The van der Waals surface area contributed by atoms with Crippen LogP contribution in [-0.2, 0) is 10.2 Å². The van der Waals surface area contributed by atoms with E-state index in [2.05, 4.69) is 36.4 Å². The van der Waals surface area contributed by atoms with Crippen LogP contribution in [0.2, 0.25) is 5.02 Å². The first-order chi connectivity index (χ1) is 20.7. The molecule has 3 amide bonds. The van der Waals surface area contributed by atoms with Crippen LogP contribution in [0, 0.1) is 0 Å². The molecule has 2 heterocycles. The molecule has 1 aliphatic rings. The SMILES string of the molecule is CC(C)(C)OC(=O)N1CCCCC1COc1cc(C(C)(C)C)ccc1C(=O)Nc1ccccc1C(=O)Nc1ccc(Cl)cn1. The number of para-hydroxylation sites is 1. The Labute approximate surface area is 264 Å². The fraction of sp³-hybridized carbons (Fsp3) is 0.412. The third kappa shape index (κ3) is 8.72. The zero-order valence-corrected chi connectivity index (χ0v) is 27.0. The number of rotatable bonds is 7. The van der Waals surface area contributed by atoms with E-state index in [4.69, 9.17) is 21.1 Å². The number of likely N-dealkylation sites (tertiary alicyclic amines) is 1. The van der Waals surface area contributed by atoms with E-state index >= 15 is 0 Å². The number of pyridine rings is 1. The van der Waals surface area contributed by atoms with Crippen molar-refractivity contribution in [1.82, 2.24) is 9.88 Å². The normalized spacial score (nSPS) is 15.3. The minimum absolute atomic E-state index is 0.194. The maximum atomic E-state index is 13.7. The van der Waals surface area contributed by atoms with Crippen molar-refractivity contribution in [3.8, 4) is 5.75 Å². The summed E-state index contributed by atoms with van der Waals surface area (Å²) in [5.74, 6) is -0.137. The Morgan fingerprint density at radius 1 is 0.932 bits per heavy atom. The molecule has 3 aromatic rings. The van der Waals surface area contributed by atoms with Gasteiger partial charge in [0.25, 0.3) is 11.8 Å². The van der Waals surface area contributed by atoms with E-state index in [9.17, 15) is 14.4 Å². The first-order valence-electron chi connectivity index (χ1n) is 14.8. The molecule has 234 valence electrons. The number of nitrogens with zero attached hydrogens (tertiary/aromatic N) is 2. The highest BCUT2D eigenvalue weighted by Crippen LogP contribution is 2.31. The predicted molar refractivity (Wildman–Crippen MR) is 173 cm³/mol. The molecule has 2 aromatic carbocycles. The average molecular weight is 621 g/mol. The molecule has 4 rings (SSSR count). The van der Waals surface area contributed by atoms with E-state index in [0.717, 1.165) is 24.8 Å². The van der Waals surface area contributed by atoms with Crippen molar-refractivity contribution in [3.05, 3.63) is 82.5 Å². The van der Waals surface area contributed by atoms with Crippen LogP contribution in [-0.4, -0.2) is 52.6 Å². The Bertz CT molecular complexity index is 1490. The van der Waals surface area contributed by atoms with Crippen molar-refractivity contribution in [2.75, 3.05) is 23.8 Å². The van der Waals surface area contributed by atoms with Crippen molar-refractivity contribution in [2.24, 2.45) is 0 Å². The van der Waals surface area contributed by atoms with Crippen LogP contribution in [0.15, 0.2) is 60.8 Å². The van der Waals surface area contributed by atoms with Crippen LogP contribution in [0.4, 0.5) is 16.3 Å². The fourth-order valence-electron chi connectivity index (χ4n) is 4.83. The van der Waals surface area contributed by atoms with Crippen molar-refractivity contribution in [2.45, 2.75) is 77.9 Å². The number of piperidine rings is 1. The molecule has 0 saturated carbocycles. The lowest BCUT2D eigenvalue weighted by molar-refractivity contribution is 0.00352. The van der Waals surface area contributed by atoms with E-state index in [1.807, 2.05) is 32.9 Å². The molecule has 44 heavy (non-hydrogen) atoms. The lowest BCUT2D eigenvalue weighted by atomic mass is 9.86.